The van der Waals surface area contributed by atoms with Crippen LogP contribution in [-0.2, 0) is 42.3 Å². The molecule has 0 saturated heterocycles. The van der Waals surface area contributed by atoms with Crippen molar-refractivity contribution in [2.45, 2.75) is 239 Å². The lowest BCUT2D eigenvalue weighted by atomic mass is 10.1. The summed E-state index contributed by atoms with van der Waals surface area (Å²) < 4.78 is 33.7. The summed E-state index contributed by atoms with van der Waals surface area (Å²) in [5, 5.41) is 2.61. The topological polar surface area (TPSA) is 155 Å². The van der Waals surface area contributed by atoms with Crippen molar-refractivity contribution in [3.05, 3.63) is 24.3 Å². The third-order valence-electron chi connectivity index (χ3n) is 10.6. The van der Waals surface area contributed by atoms with Crippen LogP contribution in [0, 0.1) is 0 Å². The van der Waals surface area contributed by atoms with Gasteiger partial charge in [-0.25, -0.2) is 4.57 Å². The number of Topliss-reactive ketones (excluding diaryl/α,β-unsaturated/α-hetero) is 1. The van der Waals surface area contributed by atoms with Crippen molar-refractivity contribution in [1.82, 2.24) is 5.32 Å². The fraction of sp³-hybridized carbons (Fsp3) is 0.837. The van der Waals surface area contributed by atoms with E-state index in [1.807, 2.05) is 6.92 Å². The Morgan fingerprint density at radius 2 is 0.951 bits per heavy atom. The highest BCUT2D eigenvalue weighted by molar-refractivity contribution is 7.47. The molecule has 0 rings (SSSR count). The van der Waals surface area contributed by atoms with Crippen LogP contribution in [0.1, 0.15) is 233 Å². The molecule has 0 heterocycles. The average molecular weight is 884 g/mol. The SMILES string of the molecule is CCCCCCCC/C=C/CCCCCCCC(=O)OCC(COP(=O)(O)OCCNC(=O)CCCCC(=O)CC)OC(=O)CCCCCCC/C=C/CCCCCCCC. The molecule has 0 fully saturated rings. The summed E-state index contributed by atoms with van der Waals surface area (Å²) in [5.74, 6) is -1.00. The first-order chi connectivity index (χ1) is 29.6. The Kier molecular flexibility index (Phi) is 42.6. The van der Waals surface area contributed by atoms with Gasteiger partial charge in [-0.3, -0.25) is 28.2 Å². The number of esters is 2. The molecule has 0 aliphatic heterocycles. The zero-order valence-electron chi connectivity index (χ0n) is 39.1. The predicted octanol–water partition coefficient (Wildman–Crippen LogP) is 13.3. The molecular weight excluding hydrogens is 794 g/mol. The number of hydrogen-bond donors (Lipinski definition) is 2. The summed E-state index contributed by atoms with van der Waals surface area (Å²) in [5.41, 5.74) is 0. The smallest absolute Gasteiger partial charge is 0.462 e. The second-order valence-electron chi connectivity index (χ2n) is 16.5. The first kappa shape index (κ1) is 58.7. The monoisotopic (exact) mass is 884 g/mol. The van der Waals surface area contributed by atoms with Crippen molar-refractivity contribution in [3.63, 3.8) is 0 Å². The quantitative estimate of drug-likeness (QED) is 0.0261. The normalized spacial score (nSPS) is 13.1. The van der Waals surface area contributed by atoms with Gasteiger partial charge in [0.1, 0.15) is 12.4 Å². The standard InChI is InChI=1S/C49H90NO10P/c1-4-7-9-11-13-15-17-19-21-23-25-27-29-31-33-39-48(53)57-43-46(44-59-61(55,56)58-42-41-50-47(52)38-36-35-37-45(51)6-3)60-49(54)40-34-32-30-28-26-24-22-20-18-16-14-12-10-8-5-2/h19-22,46H,4-18,23-44H2,1-3H3,(H,50,52)(H,55,56)/b21-19+,22-20+. The summed E-state index contributed by atoms with van der Waals surface area (Å²) in [4.78, 5) is 59.0. The molecule has 0 aliphatic rings. The Labute approximate surface area is 372 Å². The summed E-state index contributed by atoms with van der Waals surface area (Å²) >= 11 is 0. The Bertz CT molecular complexity index is 1180. The second kappa shape index (κ2) is 44.3. The molecule has 0 spiro atoms. The van der Waals surface area contributed by atoms with Crippen LogP contribution in [-0.4, -0.2) is 61.0 Å². The van der Waals surface area contributed by atoms with E-state index in [0.717, 1.165) is 70.6 Å². The van der Waals surface area contributed by atoms with Gasteiger partial charge in [-0.2, -0.15) is 0 Å². The Balaban J connectivity index is 4.57. The highest BCUT2D eigenvalue weighted by Gasteiger charge is 2.26. The number of phosphoric ester groups is 1. The lowest BCUT2D eigenvalue weighted by Gasteiger charge is -2.20. The zero-order chi connectivity index (χ0) is 44.9. The number of unbranched alkanes of at least 4 members (excludes halogenated alkanes) is 23. The number of rotatable bonds is 46. The van der Waals surface area contributed by atoms with Gasteiger partial charge < -0.3 is 19.7 Å². The lowest BCUT2D eigenvalue weighted by molar-refractivity contribution is -0.161. The van der Waals surface area contributed by atoms with Crippen LogP contribution in [0.5, 0.6) is 0 Å². The van der Waals surface area contributed by atoms with Crippen molar-refractivity contribution in [2.24, 2.45) is 0 Å². The first-order valence-corrected chi connectivity index (χ1v) is 26.2. The number of carbonyl (C=O) groups excluding carboxylic acids is 4. The molecule has 0 radical (unpaired) electrons. The third kappa shape index (κ3) is 44.1. The number of hydrogen-bond acceptors (Lipinski definition) is 9. The second-order valence-corrected chi connectivity index (χ2v) is 18.0. The molecule has 2 unspecified atom stereocenters. The minimum atomic E-state index is -4.57. The Morgan fingerprint density at radius 1 is 0.525 bits per heavy atom. The molecule has 0 aliphatic carbocycles. The average Bonchev–Trinajstić information content (AvgIpc) is 3.24. The molecule has 61 heavy (non-hydrogen) atoms. The van der Waals surface area contributed by atoms with Gasteiger partial charge in [0, 0.05) is 38.6 Å². The minimum absolute atomic E-state index is 0.0109. The molecule has 11 nitrogen and oxygen atoms in total. The van der Waals surface area contributed by atoms with E-state index in [4.69, 9.17) is 18.5 Å². The van der Waals surface area contributed by atoms with E-state index in [9.17, 15) is 28.6 Å². The molecule has 0 aromatic carbocycles. The van der Waals surface area contributed by atoms with E-state index in [2.05, 4.69) is 43.5 Å². The van der Waals surface area contributed by atoms with Crippen molar-refractivity contribution >= 4 is 31.5 Å². The molecule has 1 amide bonds. The fourth-order valence-corrected chi connectivity index (χ4v) is 7.49. The number of amides is 1. The van der Waals surface area contributed by atoms with E-state index in [-0.39, 0.29) is 50.7 Å². The van der Waals surface area contributed by atoms with Gasteiger partial charge in [0.15, 0.2) is 6.10 Å². The molecule has 2 atom stereocenters. The lowest BCUT2D eigenvalue weighted by Crippen LogP contribution is -2.30. The minimum Gasteiger partial charge on any atom is -0.462 e. The number of carbonyl (C=O) groups is 4. The molecule has 0 saturated carbocycles. The maximum atomic E-state index is 12.8. The zero-order valence-corrected chi connectivity index (χ0v) is 40.0. The van der Waals surface area contributed by atoms with E-state index >= 15 is 0 Å². The van der Waals surface area contributed by atoms with Gasteiger partial charge in [0.2, 0.25) is 5.91 Å². The maximum absolute atomic E-state index is 12.8. The number of ether oxygens (including phenoxy) is 2. The van der Waals surface area contributed by atoms with E-state index in [0.29, 0.717) is 38.5 Å². The third-order valence-corrected chi connectivity index (χ3v) is 11.6. The molecule has 0 bridgehead atoms. The molecular formula is C49H90NO10P. The van der Waals surface area contributed by atoms with Crippen LogP contribution in [0.25, 0.3) is 0 Å². The maximum Gasteiger partial charge on any atom is 0.472 e. The van der Waals surface area contributed by atoms with Gasteiger partial charge in [-0.15, -0.1) is 0 Å². The number of phosphoric acid groups is 1. The molecule has 0 aromatic rings. The first-order valence-electron chi connectivity index (χ1n) is 24.7. The van der Waals surface area contributed by atoms with Gasteiger partial charge in [-0.1, -0.05) is 148 Å². The highest BCUT2D eigenvalue weighted by atomic mass is 31.2. The molecule has 2 N–H and O–H groups in total. The van der Waals surface area contributed by atoms with Crippen molar-refractivity contribution in [2.75, 3.05) is 26.4 Å². The van der Waals surface area contributed by atoms with E-state index < -0.39 is 32.5 Å². The summed E-state index contributed by atoms with van der Waals surface area (Å²) in [6.07, 6.45) is 40.8. The van der Waals surface area contributed by atoms with Crippen LogP contribution >= 0.6 is 7.82 Å². The van der Waals surface area contributed by atoms with Crippen LogP contribution in [0.15, 0.2) is 24.3 Å². The number of nitrogens with one attached hydrogen (secondary N) is 1. The number of ketones is 1. The summed E-state index contributed by atoms with van der Waals surface area (Å²) in [6.45, 7) is 5.19. The predicted molar refractivity (Wildman–Crippen MR) is 248 cm³/mol. The Morgan fingerprint density at radius 3 is 1.44 bits per heavy atom. The molecule has 12 heteroatoms. The number of allylic oxidation sites excluding steroid dienone is 4. The van der Waals surface area contributed by atoms with Gasteiger partial charge in [0.25, 0.3) is 0 Å². The Hall–Kier alpha value is -2.33. The van der Waals surface area contributed by atoms with Crippen LogP contribution < -0.4 is 5.32 Å². The van der Waals surface area contributed by atoms with Crippen molar-refractivity contribution in [3.8, 4) is 0 Å². The van der Waals surface area contributed by atoms with Crippen LogP contribution in [0.4, 0.5) is 0 Å². The van der Waals surface area contributed by atoms with Crippen molar-refractivity contribution in [1.29, 1.82) is 0 Å². The molecule has 0 aromatic heterocycles. The van der Waals surface area contributed by atoms with Crippen LogP contribution in [0.2, 0.25) is 0 Å². The van der Waals surface area contributed by atoms with E-state index in [1.165, 1.54) is 83.5 Å². The van der Waals surface area contributed by atoms with Gasteiger partial charge >= 0.3 is 19.8 Å². The van der Waals surface area contributed by atoms with E-state index in [1.54, 1.807) is 0 Å². The summed E-state index contributed by atoms with van der Waals surface area (Å²) in [7, 11) is -4.57. The van der Waals surface area contributed by atoms with Gasteiger partial charge in [-0.05, 0) is 77.0 Å². The van der Waals surface area contributed by atoms with Crippen molar-refractivity contribution < 1.29 is 47.2 Å². The summed E-state index contributed by atoms with van der Waals surface area (Å²) in [6, 6.07) is 0. The fourth-order valence-electron chi connectivity index (χ4n) is 6.74. The largest absolute Gasteiger partial charge is 0.472 e. The highest BCUT2D eigenvalue weighted by Crippen LogP contribution is 2.43. The molecule has 356 valence electrons. The van der Waals surface area contributed by atoms with Crippen LogP contribution in [0.3, 0.4) is 0 Å². The van der Waals surface area contributed by atoms with Gasteiger partial charge in [0.05, 0.1) is 13.2 Å².